The fraction of sp³-hybridized carbons (Fsp3) is 0.235. The predicted molar refractivity (Wildman–Crippen MR) is 88.3 cm³/mol. The Balaban J connectivity index is 0.00000264. The minimum absolute atomic E-state index is 0. The summed E-state index contributed by atoms with van der Waals surface area (Å²) in [7, 11) is 0. The zero-order valence-electron chi connectivity index (χ0n) is 13.5. The van der Waals surface area contributed by atoms with E-state index in [9.17, 15) is 4.79 Å². The van der Waals surface area contributed by atoms with Gasteiger partial charge in [-0.25, -0.2) is 0 Å². The van der Waals surface area contributed by atoms with Crippen LogP contribution in [-0.4, -0.2) is 40.2 Å². The summed E-state index contributed by atoms with van der Waals surface area (Å²) in [4.78, 5) is 11.7. The van der Waals surface area contributed by atoms with Crippen LogP contribution < -0.4 is 9.47 Å². The normalized spacial score (nSPS) is 10.7. The summed E-state index contributed by atoms with van der Waals surface area (Å²) in [6.45, 7) is 4.23. The first-order chi connectivity index (χ1) is 10.7. The monoisotopic (exact) mass is 346 g/mol. The van der Waals surface area contributed by atoms with Crippen molar-refractivity contribution in [2.75, 3.05) is 6.61 Å². The zero-order valence-corrected chi connectivity index (χ0v) is 14.7. The summed E-state index contributed by atoms with van der Waals surface area (Å²) in [6.07, 6.45) is 0. The van der Waals surface area contributed by atoms with E-state index in [2.05, 4.69) is 0 Å². The van der Waals surface area contributed by atoms with Gasteiger partial charge in [-0.15, -0.1) is 0 Å². The SMILES string of the molecule is CCOc1ccc(C(C)C(=O)[O][Al+2])cc1Oc1ccccc1.[OH-].[OH-]. The van der Waals surface area contributed by atoms with Crippen molar-refractivity contribution in [2.45, 2.75) is 19.8 Å². The molecule has 0 aliphatic rings. The molecule has 0 bridgehead atoms. The summed E-state index contributed by atoms with van der Waals surface area (Å²) >= 11 is 1.98. The molecule has 0 radical (unpaired) electrons. The molecule has 2 aromatic rings. The maximum atomic E-state index is 11.7. The number of hydrogen-bond donors (Lipinski definition) is 0. The first-order valence-electron chi connectivity index (χ1n) is 7.06. The zero-order chi connectivity index (χ0) is 15.9. The van der Waals surface area contributed by atoms with Gasteiger partial charge in [-0.1, -0.05) is 0 Å². The van der Waals surface area contributed by atoms with Crippen molar-refractivity contribution in [3.63, 3.8) is 0 Å². The third-order valence-electron chi connectivity index (χ3n) is 3.21. The van der Waals surface area contributed by atoms with Gasteiger partial charge in [0, 0.05) is 0 Å². The molecule has 0 aliphatic carbocycles. The van der Waals surface area contributed by atoms with E-state index in [4.69, 9.17) is 13.3 Å². The quantitative estimate of drug-likeness (QED) is 0.744. The first-order valence-corrected chi connectivity index (χ1v) is 7.53. The second-order valence-corrected chi connectivity index (χ2v) is 4.95. The standard InChI is InChI=1S/C17H18O4.Al.2H2O/c1-3-20-15-10-9-13(12(2)17(18)19)11-16(15)21-14-7-5-4-6-8-14;;;/h4-12H,3H2,1-2H3,(H,18,19);;2*1H2/q;+3;;/p-3. The molecular weight excluding hydrogens is 327 g/mol. The van der Waals surface area contributed by atoms with E-state index in [1.807, 2.05) is 72.1 Å². The van der Waals surface area contributed by atoms with Crippen LogP contribution in [0.1, 0.15) is 25.3 Å². The molecule has 0 heterocycles. The molecule has 2 rings (SSSR count). The molecule has 0 aliphatic heterocycles. The molecule has 1 atom stereocenters. The van der Waals surface area contributed by atoms with Gasteiger partial charge in [0.15, 0.2) is 0 Å². The molecule has 0 fully saturated rings. The van der Waals surface area contributed by atoms with Crippen LogP contribution in [0.4, 0.5) is 0 Å². The van der Waals surface area contributed by atoms with Gasteiger partial charge in [0.1, 0.15) is 0 Å². The average Bonchev–Trinajstić information content (AvgIpc) is 2.56. The summed E-state index contributed by atoms with van der Waals surface area (Å²) in [5, 5.41) is 0. The van der Waals surface area contributed by atoms with Crippen molar-refractivity contribution in [3.05, 3.63) is 54.1 Å². The molecule has 0 spiro atoms. The van der Waals surface area contributed by atoms with Crippen LogP contribution in [0.15, 0.2) is 48.5 Å². The van der Waals surface area contributed by atoms with Crippen molar-refractivity contribution < 1.29 is 29.0 Å². The number of hydrogen-bond acceptors (Lipinski definition) is 6. The Labute approximate surface area is 149 Å². The van der Waals surface area contributed by atoms with Crippen molar-refractivity contribution in [3.8, 4) is 17.2 Å². The molecule has 1 unspecified atom stereocenters. The Morgan fingerprint density at radius 3 is 2.33 bits per heavy atom. The smallest absolute Gasteiger partial charge is 0.870 e. The van der Waals surface area contributed by atoms with Gasteiger partial charge in [0.2, 0.25) is 0 Å². The van der Waals surface area contributed by atoms with E-state index in [1.165, 1.54) is 0 Å². The van der Waals surface area contributed by atoms with Gasteiger partial charge in [-0.3, -0.25) is 0 Å². The Morgan fingerprint density at radius 1 is 1.08 bits per heavy atom. The van der Waals surface area contributed by atoms with Crippen LogP contribution in [-0.2, 0) is 8.58 Å². The third-order valence-corrected chi connectivity index (χ3v) is 3.44. The fourth-order valence-corrected chi connectivity index (χ4v) is 2.21. The predicted octanol–water partition coefficient (Wildman–Crippen LogP) is 3.25. The number of carbonyl (C=O) groups is 1. The first kappa shape index (κ1) is 22.0. The topological polar surface area (TPSA) is 105 Å². The van der Waals surface area contributed by atoms with Crippen LogP contribution in [0.3, 0.4) is 0 Å². The number of para-hydroxylation sites is 1. The second-order valence-electron chi connectivity index (χ2n) is 4.71. The van der Waals surface area contributed by atoms with E-state index in [0.29, 0.717) is 23.9 Å². The van der Waals surface area contributed by atoms with Crippen molar-refractivity contribution >= 4 is 22.6 Å². The van der Waals surface area contributed by atoms with Gasteiger partial charge in [-0.2, -0.15) is 0 Å². The Bertz CT molecular complexity index is 632. The van der Waals surface area contributed by atoms with E-state index in [-0.39, 0.29) is 22.8 Å². The third kappa shape index (κ3) is 5.55. The molecule has 0 saturated heterocycles. The largest absolute Gasteiger partial charge is 0.870 e. The molecule has 2 aromatic carbocycles. The number of carbonyl (C=O) groups excluding carboxylic acids is 1. The fourth-order valence-electron chi connectivity index (χ4n) is 2.00. The van der Waals surface area contributed by atoms with Gasteiger partial charge < -0.3 is 11.0 Å². The molecule has 2 N–H and O–H groups in total. The Kier molecular flexibility index (Phi) is 9.78. The summed E-state index contributed by atoms with van der Waals surface area (Å²) in [5.41, 5.74) is 0.807. The van der Waals surface area contributed by atoms with E-state index >= 15 is 0 Å². The van der Waals surface area contributed by atoms with Gasteiger partial charge in [0.25, 0.3) is 0 Å². The van der Waals surface area contributed by atoms with Crippen LogP contribution in [0.25, 0.3) is 0 Å². The summed E-state index contributed by atoms with van der Waals surface area (Å²) in [5.74, 6) is 1.23. The van der Waals surface area contributed by atoms with E-state index in [1.54, 1.807) is 6.92 Å². The maximum absolute atomic E-state index is 11.7. The van der Waals surface area contributed by atoms with Crippen LogP contribution in [0.5, 0.6) is 17.2 Å². The molecule has 0 amide bonds. The summed E-state index contributed by atoms with van der Waals surface area (Å²) in [6, 6.07) is 14.9. The van der Waals surface area contributed by atoms with Gasteiger partial charge in [0.05, 0.1) is 0 Å². The Morgan fingerprint density at radius 2 is 1.75 bits per heavy atom. The van der Waals surface area contributed by atoms with E-state index in [0.717, 1.165) is 5.56 Å². The average molecular weight is 346 g/mol. The molecule has 126 valence electrons. The van der Waals surface area contributed by atoms with Crippen molar-refractivity contribution in [1.29, 1.82) is 0 Å². The molecule has 7 heteroatoms. The second kappa shape index (κ2) is 10.7. The Hall–Kier alpha value is -2.04. The van der Waals surface area contributed by atoms with Crippen LogP contribution in [0.2, 0.25) is 0 Å². The van der Waals surface area contributed by atoms with Crippen molar-refractivity contribution in [2.24, 2.45) is 0 Å². The van der Waals surface area contributed by atoms with Crippen molar-refractivity contribution in [1.82, 2.24) is 0 Å². The molecule has 24 heavy (non-hydrogen) atoms. The molecule has 6 nitrogen and oxygen atoms in total. The van der Waals surface area contributed by atoms with E-state index < -0.39 is 0 Å². The minimum atomic E-state index is -0.383. The molecule has 0 saturated carbocycles. The van der Waals surface area contributed by atoms with Crippen LogP contribution in [0, 0.1) is 0 Å². The number of ether oxygens (including phenoxy) is 2. The van der Waals surface area contributed by atoms with Gasteiger partial charge in [-0.05, 0) is 0 Å². The van der Waals surface area contributed by atoms with Gasteiger partial charge >= 0.3 is 138 Å². The number of rotatable bonds is 6. The molecular formula is C17H19AlO6. The number of benzene rings is 2. The maximum Gasteiger partial charge on any atom is -0.870 e. The summed E-state index contributed by atoms with van der Waals surface area (Å²) < 4.78 is 16.2. The van der Waals surface area contributed by atoms with Crippen LogP contribution >= 0.6 is 0 Å². The molecule has 0 aromatic heterocycles. The minimum Gasteiger partial charge on any atom is -0.870 e.